The second kappa shape index (κ2) is 16.3. The number of carboxylic acids is 2. The lowest BCUT2D eigenvalue weighted by molar-refractivity contribution is -0.284. The summed E-state index contributed by atoms with van der Waals surface area (Å²) in [6, 6.07) is 0. The van der Waals surface area contributed by atoms with Gasteiger partial charge in [-0.2, -0.15) is 0 Å². The molecule has 3 aliphatic rings. The van der Waals surface area contributed by atoms with Crippen molar-refractivity contribution in [2.45, 2.75) is 90.5 Å². The highest BCUT2D eigenvalue weighted by Crippen LogP contribution is 2.32. The molecule has 1 saturated heterocycles. The van der Waals surface area contributed by atoms with Gasteiger partial charge in [0, 0.05) is 64.5 Å². The van der Waals surface area contributed by atoms with Gasteiger partial charge in [-0.15, -0.1) is 0 Å². The van der Waals surface area contributed by atoms with Crippen LogP contribution in [0.3, 0.4) is 0 Å². The SMILES string of the molecule is C=CC1=C(C)/C(=C/c2[nH]c(Cc3[nH]c(/C=C4\NC(=O)C(C)=C4C=C)c(C)c3CCC(=O)O)c(CCC(=O)O[C@@H]3[C@@H](O)[C@H](O)[C@@H](C(=O)O)O[C@H]3O)c2C)NC1=O. The molecule has 0 spiro atoms. The number of amides is 2. The number of aromatic nitrogens is 2. The van der Waals surface area contributed by atoms with E-state index >= 15 is 0 Å². The molecule has 5 rings (SSSR count). The van der Waals surface area contributed by atoms with Crippen LogP contribution >= 0.6 is 0 Å². The molecule has 0 radical (unpaired) electrons. The molecule has 292 valence electrons. The molecule has 9 N–H and O–H groups in total. The molecule has 0 unspecified atom stereocenters. The fourth-order valence-corrected chi connectivity index (χ4v) is 7.00. The number of aliphatic hydroxyl groups excluding tert-OH is 3. The number of hydrogen-bond acceptors (Lipinski definition) is 10. The number of rotatable bonds is 14. The van der Waals surface area contributed by atoms with Crippen LogP contribution in [0.15, 0.2) is 59.0 Å². The first-order valence-corrected chi connectivity index (χ1v) is 17.4. The van der Waals surface area contributed by atoms with Crippen molar-refractivity contribution in [2.75, 3.05) is 0 Å². The van der Waals surface area contributed by atoms with Crippen molar-refractivity contribution >= 4 is 41.9 Å². The number of aromatic amines is 2. The number of allylic oxidation sites excluding steroid dienone is 2. The van der Waals surface area contributed by atoms with Gasteiger partial charge in [-0.3, -0.25) is 19.2 Å². The van der Waals surface area contributed by atoms with Crippen molar-refractivity contribution in [1.29, 1.82) is 0 Å². The average Bonchev–Trinajstić information content (AvgIpc) is 3.77. The van der Waals surface area contributed by atoms with Crippen molar-refractivity contribution in [3.8, 4) is 0 Å². The predicted molar refractivity (Wildman–Crippen MR) is 197 cm³/mol. The van der Waals surface area contributed by atoms with Gasteiger partial charge in [0.2, 0.25) is 0 Å². The minimum atomic E-state index is -2.02. The van der Waals surface area contributed by atoms with Crippen LogP contribution in [0.1, 0.15) is 71.7 Å². The Morgan fingerprint density at radius 3 is 1.84 bits per heavy atom. The lowest BCUT2D eigenvalue weighted by Gasteiger charge is -2.38. The first kappa shape index (κ1) is 40.4. The van der Waals surface area contributed by atoms with Crippen molar-refractivity contribution in [3.63, 3.8) is 0 Å². The number of aliphatic carboxylic acids is 2. The summed E-state index contributed by atoms with van der Waals surface area (Å²) >= 11 is 0. The largest absolute Gasteiger partial charge is 0.481 e. The molecule has 5 heterocycles. The first-order valence-electron chi connectivity index (χ1n) is 17.4. The fraction of sp³-hybridized carbons (Fsp3) is 0.359. The second-order valence-electron chi connectivity index (χ2n) is 13.5. The van der Waals surface area contributed by atoms with Crippen LogP contribution in [0, 0.1) is 13.8 Å². The van der Waals surface area contributed by atoms with Gasteiger partial charge in [-0.05, 0) is 80.5 Å². The maximum Gasteiger partial charge on any atom is 0.335 e. The van der Waals surface area contributed by atoms with Gasteiger partial charge in [0.15, 0.2) is 18.5 Å². The summed E-state index contributed by atoms with van der Waals surface area (Å²) in [6.07, 6.45) is -3.04. The Bertz CT molecular complexity index is 2110. The van der Waals surface area contributed by atoms with Gasteiger partial charge in [0.1, 0.15) is 12.2 Å². The zero-order chi connectivity index (χ0) is 40.5. The normalized spacial score (nSPS) is 24.1. The molecule has 0 saturated carbocycles. The third-order valence-corrected chi connectivity index (χ3v) is 10.2. The molecule has 55 heavy (non-hydrogen) atoms. The van der Waals surface area contributed by atoms with E-state index in [1.165, 1.54) is 6.08 Å². The predicted octanol–water partition coefficient (Wildman–Crippen LogP) is 1.88. The maximum atomic E-state index is 13.1. The second-order valence-corrected chi connectivity index (χ2v) is 13.5. The summed E-state index contributed by atoms with van der Waals surface area (Å²) < 4.78 is 10.2. The van der Waals surface area contributed by atoms with Crippen LogP contribution in [0.5, 0.6) is 0 Å². The van der Waals surface area contributed by atoms with Gasteiger partial charge in [-0.25, -0.2) is 4.79 Å². The van der Waals surface area contributed by atoms with Gasteiger partial charge in [-0.1, -0.05) is 25.3 Å². The quantitative estimate of drug-likeness (QED) is 0.125. The van der Waals surface area contributed by atoms with E-state index in [0.29, 0.717) is 67.6 Å². The molecule has 16 heteroatoms. The topological polar surface area (TPSA) is 261 Å². The lowest BCUT2D eigenvalue weighted by Crippen LogP contribution is -2.60. The number of aliphatic hydroxyl groups is 3. The Hall–Kier alpha value is -5.81. The molecule has 16 nitrogen and oxygen atoms in total. The number of hydrogen-bond donors (Lipinski definition) is 9. The molecule has 3 aliphatic heterocycles. The van der Waals surface area contributed by atoms with E-state index in [-0.39, 0.29) is 43.9 Å². The Morgan fingerprint density at radius 2 is 1.31 bits per heavy atom. The highest BCUT2D eigenvalue weighted by molar-refractivity contribution is 6.03. The number of carbonyl (C=O) groups is 5. The third-order valence-electron chi connectivity index (χ3n) is 10.2. The smallest absolute Gasteiger partial charge is 0.335 e. The number of carbonyl (C=O) groups excluding carboxylic acids is 3. The van der Waals surface area contributed by atoms with Gasteiger partial charge >= 0.3 is 17.9 Å². The van der Waals surface area contributed by atoms with E-state index in [1.54, 1.807) is 32.1 Å². The molecule has 5 atom stereocenters. The zero-order valence-corrected chi connectivity index (χ0v) is 30.7. The molecule has 2 aromatic rings. The molecule has 0 aromatic carbocycles. The van der Waals surface area contributed by atoms with Crippen LogP contribution in [0.2, 0.25) is 0 Å². The van der Waals surface area contributed by atoms with Crippen LogP contribution < -0.4 is 10.6 Å². The van der Waals surface area contributed by atoms with Crippen molar-refractivity contribution in [1.82, 2.24) is 20.6 Å². The van der Waals surface area contributed by atoms with Crippen LogP contribution in [-0.4, -0.2) is 95.9 Å². The Labute approximate surface area is 315 Å². The van der Waals surface area contributed by atoms with Crippen molar-refractivity contribution in [3.05, 3.63) is 104 Å². The summed E-state index contributed by atoms with van der Waals surface area (Å²) in [6.45, 7) is 14.7. The van der Waals surface area contributed by atoms with E-state index < -0.39 is 48.6 Å². The number of H-pyrrole nitrogens is 2. The Morgan fingerprint density at radius 1 is 0.764 bits per heavy atom. The number of ether oxygens (including phenoxy) is 2. The van der Waals surface area contributed by atoms with Gasteiger partial charge in [0.05, 0.1) is 5.70 Å². The first-order chi connectivity index (χ1) is 26.0. The number of carboxylic acid groups (broad SMARTS) is 2. The Balaban J connectivity index is 1.51. The highest BCUT2D eigenvalue weighted by atomic mass is 16.7. The molecule has 2 amide bonds. The van der Waals surface area contributed by atoms with Crippen molar-refractivity contribution < 1.29 is 59.0 Å². The van der Waals surface area contributed by atoms with Crippen LogP contribution in [-0.2, 0) is 52.7 Å². The van der Waals surface area contributed by atoms with E-state index in [4.69, 9.17) is 9.47 Å². The molecule has 0 aliphatic carbocycles. The molecule has 1 fully saturated rings. The summed E-state index contributed by atoms with van der Waals surface area (Å²) in [5.41, 5.74) is 8.78. The minimum Gasteiger partial charge on any atom is -0.481 e. The molecular weight excluding hydrogens is 716 g/mol. The summed E-state index contributed by atoms with van der Waals surface area (Å²) in [5, 5.41) is 55.4. The van der Waals surface area contributed by atoms with Gasteiger partial charge in [0.25, 0.3) is 11.8 Å². The van der Waals surface area contributed by atoms with E-state index in [2.05, 4.69) is 33.8 Å². The molecule has 0 bridgehead atoms. The maximum absolute atomic E-state index is 13.1. The Kier molecular flexibility index (Phi) is 12.0. The summed E-state index contributed by atoms with van der Waals surface area (Å²) in [4.78, 5) is 68.0. The minimum absolute atomic E-state index is 0.0681. The van der Waals surface area contributed by atoms with Crippen LogP contribution in [0.4, 0.5) is 0 Å². The monoisotopic (exact) mass is 760 g/mol. The van der Waals surface area contributed by atoms with E-state index in [0.717, 1.165) is 11.1 Å². The highest BCUT2D eigenvalue weighted by Gasteiger charge is 2.49. The molecule has 2 aromatic heterocycles. The molecular formula is C39H44N4O12. The van der Waals surface area contributed by atoms with Crippen LogP contribution in [0.25, 0.3) is 12.2 Å². The number of nitrogens with one attached hydrogen (secondary N) is 4. The van der Waals surface area contributed by atoms with E-state index in [9.17, 15) is 49.5 Å². The van der Waals surface area contributed by atoms with E-state index in [1.807, 2.05) is 13.8 Å². The standard InChI is InChI=1S/C39H44N4O12/c1-7-20-19(6)36(49)43-27(20)14-25-17(4)22(9-11-30(44)45)28(41-25)15-29-23(18(5)24(40-29)13-26-16(3)21(8-2)37(50)42-26)10-12-31(46)54-35-33(48)32(47)34(38(51)52)55-39(35)53/h7-8,13-14,32-35,39-41,47-48,53H,1-2,9-12,15H2,3-6H3,(H,42,50)(H,43,49)(H,44,45)(H,51,52)/b26-13-,27-14-/t32-,33-,34-,35+,39+/m0/s1. The van der Waals surface area contributed by atoms with Crippen molar-refractivity contribution in [2.24, 2.45) is 0 Å². The van der Waals surface area contributed by atoms with Gasteiger partial charge < -0.3 is 55.6 Å². The summed E-state index contributed by atoms with van der Waals surface area (Å²) in [5.74, 6) is -4.06. The summed E-state index contributed by atoms with van der Waals surface area (Å²) in [7, 11) is 0. The zero-order valence-electron chi connectivity index (χ0n) is 30.7. The fourth-order valence-electron chi connectivity index (χ4n) is 7.00. The number of esters is 1. The average molecular weight is 761 g/mol. The third kappa shape index (κ3) is 8.17. The lowest BCUT2D eigenvalue weighted by atomic mass is 9.97.